The topological polar surface area (TPSA) is 76.1 Å². The van der Waals surface area contributed by atoms with E-state index in [0.29, 0.717) is 18.1 Å². The predicted molar refractivity (Wildman–Crippen MR) is 108 cm³/mol. The molecule has 4 nitrogen and oxygen atoms in total. The lowest BCUT2D eigenvalue weighted by atomic mass is 9.91. The summed E-state index contributed by atoms with van der Waals surface area (Å²) in [6.45, 7) is 11.1. The number of hydrogen-bond donors (Lipinski definition) is 4. The normalized spacial score (nSPS) is 16.8. The van der Waals surface area contributed by atoms with Crippen molar-refractivity contribution < 1.29 is 0 Å². The summed E-state index contributed by atoms with van der Waals surface area (Å²) in [5.41, 5.74) is 12.8. The summed E-state index contributed by atoms with van der Waals surface area (Å²) in [5, 5.41) is 7.55. The molecule has 0 aromatic rings. The molecule has 0 amide bonds. The Balaban J connectivity index is 4.78. The molecule has 0 saturated carbocycles. The third kappa shape index (κ3) is 11.4. The molecule has 4 atom stereocenters. The zero-order chi connectivity index (χ0) is 18.2. The van der Waals surface area contributed by atoms with Crippen LogP contribution < -0.4 is 22.1 Å². The Morgan fingerprint density at radius 2 is 1.25 bits per heavy atom. The summed E-state index contributed by atoms with van der Waals surface area (Å²) < 4.78 is 0. The first-order valence-corrected chi connectivity index (χ1v) is 10.6. The van der Waals surface area contributed by atoms with Crippen LogP contribution in [0.1, 0.15) is 91.9 Å². The molecule has 0 aliphatic heterocycles. The van der Waals surface area contributed by atoms with Crippen LogP contribution in [0.4, 0.5) is 0 Å². The van der Waals surface area contributed by atoms with E-state index in [0.717, 1.165) is 45.2 Å². The fourth-order valence-electron chi connectivity index (χ4n) is 3.33. The number of nitrogens with one attached hydrogen (secondary N) is 2. The molecule has 24 heavy (non-hydrogen) atoms. The molecule has 0 rings (SSSR count). The van der Waals surface area contributed by atoms with E-state index in [4.69, 9.17) is 11.5 Å². The van der Waals surface area contributed by atoms with Crippen molar-refractivity contribution in [2.24, 2.45) is 11.5 Å². The highest BCUT2D eigenvalue weighted by molar-refractivity contribution is 4.91. The summed E-state index contributed by atoms with van der Waals surface area (Å²) in [4.78, 5) is 0. The quantitative estimate of drug-likeness (QED) is 0.305. The smallest absolute Gasteiger partial charge is 0.0373 e. The monoisotopic (exact) mass is 342 g/mol. The van der Waals surface area contributed by atoms with Gasteiger partial charge in [-0.25, -0.2) is 0 Å². The van der Waals surface area contributed by atoms with Gasteiger partial charge in [0.1, 0.15) is 0 Å². The van der Waals surface area contributed by atoms with Crippen LogP contribution in [0.3, 0.4) is 0 Å². The van der Waals surface area contributed by atoms with Crippen LogP contribution in [0, 0.1) is 0 Å². The van der Waals surface area contributed by atoms with Crippen molar-refractivity contribution in [3.8, 4) is 0 Å². The Kier molecular flexibility index (Phi) is 16.2. The fraction of sp³-hybridized carbons (Fsp3) is 1.00. The van der Waals surface area contributed by atoms with E-state index in [2.05, 4.69) is 38.3 Å². The minimum absolute atomic E-state index is 0.216. The maximum atomic E-state index is 6.55. The van der Waals surface area contributed by atoms with Crippen molar-refractivity contribution in [1.29, 1.82) is 0 Å². The first-order chi connectivity index (χ1) is 11.6. The van der Waals surface area contributed by atoms with Crippen molar-refractivity contribution in [1.82, 2.24) is 10.6 Å². The number of unbranched alkanes of at least 4 members (excludes halogenated alkanes) is 2. The van der Waals surface area contributed by atoms with Gasteiger partial charge in [-0.2, -0.15) is 0 Å². The zero-order valence-electron chi connectivity index (χ0n) is 16.9. The largest absolute Gasteiger partial charge is 0.328 e. The van der Waals surface area contributed by atoms with Gasteiger partial charge in [-0.05, 0) is 51.6 Å². The minimum atomic E-state index is 0.216. The highest BCUT2D eigenvalue weighted by Crippen LogP contribution is 2.13. The Hall–Kier alpha value is -0.160. The van der Waals surface area contributed by atoms with Gasteiger partial charge in [0.05, 0.1) is 0 Å². The van der Waals surface area contributed by atoms with Crippen LogP contribution in [0.15, 0.2) is 0 Å². The summed E-state index contributed by atoms with van der Waals surface area (Å²) in [5.74, 6) is 0. The van der Waals surface area contributed by atoms with Gasteiger partial charge < -0.3 is 22.1 Å². The van der Waals surface area contributed by atoms with Gasteiger partial charge in [0.15, 0.2) is 0 Å². The van der Waals surface area contributed by atoms with E-state index in [1.54, 1.807) is 0 Å². The molecule has 0 aliphatic carbocycles. The second kappa shape index (κ2) is 16.3. The molecule has 6 N–H and O–H groups in total. The van der Waals surface area contributed by atoms with Gasteiger partial charge in [-0.1, -0.05) is 53.4 Å². The van der Waals surface area contributed by atoms with Crippen molar-refractivity contribution in [2.45, 2.75) is 116 Å². The Labute approximate surface area is 151 Å². The summed E-state index contributed by atoms with van der Waals surface area (Å²) in [7, 11) is 0. The lowest BCUT2D eigenvalue weighted by molar-refractivity contribution is 0.288. The lowest BCUT2D eigenvalue weighted by Crippen LogP contribution is -2.57. The van der Waals surface area contributed by atoms with Gasteiger partial charge in [0.25, 0.3) is 0 Å². The molecule has 4 unspecified atom stereocenters. The molecule has 0 radical (unpaired) electrons. The van der Waals surface area contributed by atoms with Crippen LogP contribution >= 0.6 is 0 Å². The van der Waals surface area contributed by atoms with Crippen molar-refractivity contribution in [2.75, 3.05) is 13.1 Å². The summed E-state index contributed by atoms with van der Waals surface area (Å²) in [6, 6.07) is 1.32. The number of rotatable bonds is 17. The SMILES string of the molecule is CCCCNC(CCC(N)CCC)C(NCCCC)C(N)CCC. The molecule has 146 valence electrons. The van der Waals surface area contributed by atoms with E-state index in [1.807, 2.05) is 0 Å². The van der Waals surface area contributed by atoms with Crippen molar-refractivity contribution >= 4 is 0 Å². The third-order valence-electron chi connectivity index (χ3n) is 4.87. The van der Waals surface area contributed by atoms with Gasteiger partial charge in [-0.3, -0.25) is 0 Å². The first-order valence-electron chi connectivity index (χ1n) is 10.6. The lowest BCUT2D eigenvalue weighted by Gasteiger charge is -2.34. The van der Waals surface area contributed by atoms with Crippen molar-refractivity contribution in [3.05, 3.63) is 0 Å². The molecule has 0 aromatic carbocycles. The molecular weight excluding hydrogens is 296 g/mol. The average Bonchev–Trinajstić information content (AvgIpc) is 2.56. The maximum Gasteiger partial charge on any atom is 0.0373 e. The molecular formula is C20H46N4. The van der Waals surface area contributed by atoms with Gasteiger partial charge in [-0.15, -0.1) is 0 Å². The second-order valence-corrected chi connectivity index (χ2v) is 7.33. The van der Waals surface area contributed by atoms with E-state index >= 15 is 0 Å². The molecule has 4 heteroatoms. The molecule has 0 spiro atoms. The predicted octanol–water partition coefficient (Wildman–Crippen LogP) is 3.54. The number of nitrogens with two attached hydrogens (primary N) is 2. The van der Waals surface area contributed by atoms with E-state index < -0.39 is 0 Å². The van der Waals surface area contributed by atoms with Gasteiger partial charge in [0.2, 0.25) is 0 Å². The average molecular weight is 343 g/mol. The Bertz CT molecular complexity index is 260. The maximum absolute atomic E-state index is 6.55. The van der Waals surface area contributed by atoms with Crippen LogP contribution in [0.2, 0.25) is 0 Å². The van der Waals surface area contributed by atoms with Crippen LogP contribution in [-0.4, -0.2) is 37.3 Å². The first kappa shape index (κ1) is 23.8. The van der Waals surface area contributed by atoms with Gasteiger partial charge >= 0.3 is 0 Å². The molecule has 0 fully saturated rings. The molecule has 0 aliphatic rings. The van der Waals surface area contributed by atoms with Gasteiger partial charge in [0, 0.05) is 24.2 Å². The van der Waals surface area contributed by atoms with E-state index in [1.165, 1.54) is 32.1 Å². The third-order valence-corrected chi connectivity index (χ3v) is 4.87. The second-order valence-electron chi connectivity index (χ2n) is 7.33. The highest BCUT2D eigenvalue weighted by Gasteiger charge is 2.26. The van der Waals surface area contributed by atoms with E-state index in [-0.39, 0.29) is 6.04 Å². The molecule has 0 heterocycles. The standard InChI is InChI=1S/C20H46N4/c1-5-9-15-23-19(14-13-17(21)11-7-3)20(18(22)12-8-4)24-16-10-6-2/h17-20,23-24H,5-16,21-22H2,1-4H3. The zero-order valence-corrected chi connectivity index (χ0v) is 16.9. The number of hydrogen-bond acceptors (Lipinski definition) is 4. The van der Waals surface area contributed by atoms with E-state index in [9.17, 15) is 0 Å². The van der Waals surface area contributed by atoms with Crippen LogP contribution in [0.5, 0.6) is 0 Å². The highest BCUT2D eigenvalue weighted by atomic mass is 15.0. The summed E-state index contributed by atoms with van der Waals surface area (Å²) >= 11 is 0. The molecule has 0 bridgehead atoms. The Morgan fingerprint density at radius 3 is 1.79 bits per heavy atom. The molecule has 0 aromatic heterocycles. The minimum Gasteiger partial charge on any atom is -0.328 e. The van der Waals surface area contributed by atoms with Crippen LogP contribution in [-0.2, 0) is 0 Å². The summed E-state index contributed by atoms with van der Waals surface area (Å²) in [6.07, 6.45) is 11.6. The van der Waals surface area contributed by atoms with Crippen molar-refractivity contribution in [3.63, 3.8) is 0 Å². The fourth-order valence-corrected chi connectivity index (χ4v) is 3.33. The Morgan fingerprint density at radius 1 is 0.667 bits per heavy atom. The molecule has 0 saturated heterocycles. The van der Waals surface area contributed by atoms with Crippen LogP contribution in [0.25, 0.3) is 0 Å².